The number of methoxy groups -OCH3 is 1. The van der Waals surface area contributed by atoms with Gasteiger partial charge in [0.05, 0.1) is 34.6 Å². The van der Waals surface area contributed by atoms with Crippen LogP contribution in [0.15, 0.2) is 144 Å². The van der Waals surface area contributed by atoms with Crippen LogP contribution in [0.4, 0.5) is 11.4 Å². The number of likely N-dealkylation sites (N-methyl/N-ethyl adjacent to an activating group) is 1. The average Bonchev–Trinajstić information content (AvgIpc) is 3.97. The molecule has 0 spiro atoms. The molecule has 8 nitrogen and oxygen atoms in total. The third-order valence-electron chi connectivity index (χ3n) is 11.9. The molecule has 1 aliphatic carbocycles. The summed E-state index contributed by atoms with van der Waals surface area (Å²) in [7, 11) is 6.02. The van der Waals surface area contributed by atoms with Crippen molar-refractivity contribution >= 4 is 38.6 Å². The molecule has 9 rings (SSSR count). The maximum Gasteiger partial charge on any atom is 0.209 e. The minimum absolute atomic E-state index is 0.119. The third kappa shape index (κ3) is 6.40. The van der Waals surface area contributed by atoms with Crippen molar-refractivity contribution in [3.05, 3.63) is 155 Å². The van der Waals surface area contributed by atoms with Crippen molar-refractivity contribution in [3.63, 3.8) is 0 Å². The molecule has 2 aromatic heterocycles. The van der Waals surface area contributed by atoms with Crippen LogP contribution in [0.1, 0.15) is 58.1 Å². The summed E-state index contributed by atoms with van der Waals surface area (Å²) in [5.74, 6) is 2.50. The summed E-state index contributed by atoms with van der Waals surface area (Å²) in [6.45, 7) is 9.25. The van der Waals surface area contributed by atoms with Gasteiger partial charge in [0.1, 0.15) is 35.0 Å². The highest BCUT2D eigenvalue weighted by Crippen LogP contribution is 2.47. The molecule has 0 saturated carbocycles. The summed E-state index contributed by atoms with van der Waals surface area (Å²) >= 11 is 1.57. The number of ether oxygens (including phenoxy) is 2. The van der Waals surface area contributed by atoms with Gasteiger partial charge in [0.25, 0.3) is 0 Å². The lowest BCUT2D eigenvalue weighted by molar-refractivity contribution is -0.401. The van der Waals surface area contributed by atoms with E-state index >= 15 is 0 Å². The molecular formula is C48H47N6O2S+. The van der Waals surface area contributed by atoms with E-state index in [9.17, 15) is 0 Å². The molecule has 0 saturated heterocycles. The zero-order valence-electron chi connectivity index (χ0n) is 33.6. The normalized spacial score (nSPS) is 18.7. The Hall–Kier alpha value is -6.06. The Morgan fingerprint density at radius 3 is 2.35 bits per heavy atom. The average molecular weight is 772 g/mol. The predicted molar refractivity (Wildman–Crippen MR) is 232 cm³/mol. The summed E-state index contributed by atoms with van der Waals surface area (Å²) < 4.78 is 17.5. The molecule has 0 N–H and O–H groups in total. The minimum atomic E-state index is -0.119. The van der Waals surface area contributed by atoms with Crippen LogP contribution >= 0.6 is 11.3 Å². The lowest BCUT2D eigenvalue weighted by Crippen LogP contribution is -2.26. The van der Waals surface area contributed by atoms with Crippen LogP contribution < -0.4 is 14.4 Å². The van der Waals surface area contributed by atoms with Crippen molar-refractivity contribution in [1.29, 1.82) is 0 Å². The standard InChI is InChI=1S/C48H47N6O2S/c1-47(2)36-15-8-10-17-40(36)52(5)43(47)27-19-31-13-12-14-32(20-28-44-48(3,4)37-16-9-11-18-41(37)53(44)6)45(31)56-34-23-21-33(22-24-34)54-30-39(50-51-54)46-49-38-26-25-35(55-7)29-42(38)57-46/h8-11,15-30H,12-14H2,1-7H3/q+1. The summed E-state index contributed by atoms with van der Waals surface area (Å²) in [6, 6.07) is 31.4. The first-order valence-electron chi connectivity index (χ1n) is 19.6. The van der Waals surface area contributed by atoms with E-state index in [2.05, 4.69) is 134 Å². The van der Waals surface area contributed by atoms with E-state index in [0.717, 1.165) is 63.1 Å². The molecule has 0 fully saturated rings. The van der Waals surface area contributed by atoms with Gasteiger partial charge in [-0.2, -0.15) is 4.58 Å². The van der Waals surface area contributed by atoms with Gasteiger partial charge in [-0.15, -0.1) is 16.4 Å². The molecule has 0 unspecified atom stereocenters. The van der Waals surface area contributed by atoms with Crippen molar-refractivity contribution in [2.45, 2.75) is 57.8 Å². The number of nitrogens with zero attached hydrogens (tertiary/aromatic N) is 6. The first-order valence-corrected chi connectivity index (χ1v) is 20.4. The molecule has 2 aliphatic heterocycles. The highest BCUT2D eigenvalue weighted by atomic mass is 32.1. The fourth-order valence-electron chi connectivity index (χ4n) is 8.73. The molecule has 4 heterocycles. The molecule has 57 heavy (non-hydrogen) atoms. The van der Waals surface area contributed by atoms with E-state index in [1.165, 1.54) is 45.1 Å². The molecule has 6 aromatic rings. The van der Waals surface area contributed by atoms with Gasteiger partial charge < -0.3 is 14.4 Å². The first kappa shape index (κ1) is 36.6. The smallest absolute Gasteiger partial charge is 0.209 e. The van der Waals surface area contributed by atoms with Crippen molar-refractivity contribution in [3.8, 4) is 27.9 Å². The topological polar surface area (TPSA) is 68.3 Å². The number of hydrogen-bond donors (Lipinski definition) is 0. The molecule has 0 atom stereocenters. The van der Waals surface area contributed by atoms with Gasteiger partial charge in [0.2, 0.25) is 5.69 Å². The van der Waals surface area contributed by atoms with Crippen molar-refractivity contribution in [2.75, 3.05) is 26.1 Å². The second kappa shape index (κ2) is 14.2. The zero-order valence-corrected chi connectivity index (χ0v) is 34.4. The summed E-state index contributed by atoms with van der Waals surface area (Å²) in [6.07, 6.45) is 14.0. The molecule has 286 valence electrons. The molecule has 9 heteroatoms. The van der Waals surface area contributed by atoms with E-state index in [4.69, 9.17) is 14.5 Å². The Bertz CT molecular complexity index is 2710. The molecule has 0 amide bonds. The van der Waals surface area contributed by atoms with Gasteiger partial charge >= 0.3 is 0 Å². The largest absolute Gasteiger partial charge is 0.497 e. The Labute approximate surface area is 338 Å². The molecule has 3 aliphatic rings. The Balaban J connectivity index is 1.05. The van der Waals surface area contributed by atoms with Crippen LogP contribution in [0.5, 0.6) is 11.5 Å². The molecule has 4 aromatic carbocycles. The maximum absolute atomic E-state index is 6.94. The lowest BCUT2D eigenvalue weighted by Gasteiger charge is -2.25. The number of aromatic nitrogens is 4. The maximum atomic E-state index is 6.94. The van der Waals surface area contributed by atoms with Gasteiger partial charge in [-0.3, -0.25) is 0 Å². The van der Waals surface area contributed by atoms with Crippen molar-refractivity contribution in [2.24, 2.45) is 0 Å². The number of allylic oxidation sites excluding steroid dienone is 7. The van der Waals surface area contributed by atoms with Gasteiger partial charge in [0, 0.05) is 41.6 Å². The predicted octanol–water partition coefficient (Wildman–Crippen LogP) is 10.9. The van der Waals surface area contributed by atoms with Crippen LogP contribution in [-0.2, 0) is 10.8 Å². The first-order chi connectivity index (χ1) is 27.5. The Kier molecular flexibility index (Phi) is 9.08. The van der Waals surface area contributed by atoms with Crippen LogP contribution in [-0.4, -0.2) is 51.5 Å². The van der Waals surface area contributed by atoms with Crippen LogP contribution in [0.25, 0.3) is 26.6 Å². The number of anilines is 1. The highest BCUT2D eigenvalue weighted by Gasteiger charge is 2.43. The van der Waals surface area contributed by atoms with Gasteiger partial charge in [-0.1, -0.05) is 61.5 Å². The number of thiazole rings is 1. The SMILES string of the molecule is COc1ccc2nc(-c3cn(-c4ccc(OC5=C(/C=C/C6=[N+](C)c7ccccc7C6(C)C)CCC/C5=C\C=C5\N(C)c6ccccc6C5(C)C)cc4)nn3)sc2c1. The Morgan fingerprint density at radius 1 is 0.825 bits per heavy atom. The van der Waals surface area contributed by atoms with Gasteiger partial charge in [0.15, 0.2) is 5.71 Å². The van der Waals surface area contributed by atoms with Crippen molar-refractivity contribution < 1.29 is 14.0 Å². The van der Waals surface area contributed by atoms with E-state index in [0.29, 0.717) is 0 Å². The van der Waals surface area contributed by atoms with E-state index in [-0.39, 0.29) is 10.8 Å². The molecular weight excluding hydrogens is 725 g/mol. The van der Waals surface area contributed by atoms with E-state index < -0.39 is 0 Å². The number of para-hydroxylation sites is 2. The summed E-state index contributed by atoms with van der Waals surface area (Å²) in [4.78, 5) is 7.11. The number of fused-ring (bicyclic) bond motifs is 3. The quantitative estimate of drug-likeness (QED) is 0.144. The van der Waals surface area contributed by atoms with Crippen LogP contribution in [0, 0.1) is 0 Å². The third-order valence-corrected chi connectivity index (χ3v) is 12.9. The fraction of sp³-hybridized carbons (Fsp3) is 0.250. The number of rotatable bonds is 8. The molecule has 0 radical (unpaired) electrons. The van der Waals surface area contributed by atoms with Gasteiger partial charge in [-0.25, -0.2) is 9.67 Å². The lowest BCUT2D eigenvalue weighted by atomic mass is 9.81. The zero-order chi connectivity index (χ0) is 39.5. The van der Waals surface area contributed by atoms with Crippen LogP contribution in [0.3, 0.4) is 0 Å². The van der Waals surface area contributed by atoms with Crippen molar-refractivity contribution in [1.82, 2.24) is 20.0 Å². The number of benzene rings is 4. The monoisotopic (exact) mass is 771 g/mol. The van der Waals surface area contributed by atoms with E-state index in [1.54, 1.807) is 23.1 Å². The minimum Gasteiger partial charge on any atom is -0.497 e. The number of hydrogen-bond acceptors (Lipinski definition) is 7. The van der Waals surface area contributed by atoms with Crippen LogP contribution in [0.2, 0.25) is 0 Å². The highest BCUT2D eigenvalue weighted by molar-refractivity contribution is 7.21. The fourth-order valence-corrected chi connectivity index (χ4v) is 9.67. The van der Waals surface area contributed by atoms with E-state index in [1.807, 2.05) is 48.7 Å². The second-order valence-electron chi connectivity index (χ2n) is 16.1. The molecule has 0 bridgehead atoms. The Morgan fingerprint density at radius 2 is 1.58 bits per heavy atom. The summed E-state index contributed by atoms with van der Waals surface area (Å²) in [5, 5.41) is 9.72. The van der Waals surface area contributed by atoms with Gasteiger partial charge in [-0.05, 0) is 111 Å². The second-order valence-corrected chi connectivity index (χ2v) is 17.1. The summed E-state index contributed by atoms with van der Waals surface area (Å²) in [5.41, 5.74) is 12.4.